The number of aromatic nitrogens is 2. The van der Waals surface area contributed by atoms with Gasteiger partial charge in [0.05, 0.1) is 5.69 Å². The van der Waals surface area contributed by atoms with Gasteiger partial charge in [0.15, 0.2) is 0 Å². The molecule has 2 aliphatic rings. The molecule has 0 unspecified atom stereocenters. The first-order valence-corrected chi connectivity index (χ1v) is 5.51. The van der Waals surface area contributed by atoms with Crippen LogP contribution in [-0.4, -0.2) is 9.78 Å². The Morgan fingerprint density at radius 3 is 2.64 bits per heavy atom. The summed E-state index contributed by atoms with van der Waals surface area (Å²) in [6, 6.07) is 0. The van der Waals surface area contributed by atoms with Crippen LogP contribution in [0.4, 0.5) is 0 Å². The molecule has 2 aliphatic carbocycles. The fourth-order valence-corrected chi connectivity index (χ4v) is 2.33. The predicted octanol–water partition coefficient (Wildman–Crippen LogP) is 1.90. The molecule has 0 aromatic carbocycles. The average Bonchev–Trinajstić information content (AvgIpc) is 2.99. The van der Waals surface area contributed by atoms with Gasteiger partial charge in [-0.25, -0.2) is 0 Å². The van der Waals surface area contributed by atoms with Gasteiger partial charge in [-0.2, -0.15) is 5.10 Å². The fraction of sp³-hybridized carbons (Fsp3) is 0.700. The van der Waals surface area contributed by atoms with E-state index >= 15 is 0 Å². The third kappa shape index (κ3) is 1.12. The van der Waals surface area contributed by atoms with Crippen molar-refractivity contribution in [3.8, 4) is 0 Å². The number of nitrogens with zero attached hydrogens (tertiary/aromatic N) is 2. The van der Waals surface area contributed by atoms with E-state index in [1.165, 1.54) is 12.8 Å². The average molecular weight is 212 g/mol. The van der Waals surface area contributed by atoms with Crippen LogP contribution in [0, 0.1) is 0 Å². The molecule has 1 aromatic rings. The van der Waals surface area contributed by atoms with E-state index in [1.807, 2.05) is 7.05 Å². The van der Waals surface area contributed by atoms with Crippen molar-refractivity contribution in [3.63, 3.8) is 0 Å². The Morgan fingerprint density at radius 1 is 1.50 bits per heavy atom. The molecule has 0 spiro atoms. The van der Waals surface area contributed by atoms with Crippen molar-refractivity contribution in [2.45, 2.75) is 37.1 Å². The maximum atomic E-state index is 6.23. The summed E-state index contributed by atoms with van der Waals surface area (Å²) >= 11 is 6.23. The van der Waals surface area contributed by atoms with Crippen molar-refractivity contribution in [3.05, 3.63) is 16.4 Å². The predicted molar refractivity (Wildman–Crippen MR) is 55.3 cm³/mol. The highest BCUT2D eigenvalue weighted by Crippen LogP contribution is 2.52. The summed E-state index contributed by atoms with van der Waals surface area (Å²) in [5, 5.41) is 5.23. The Hall–Kier alpha value is -0.540. The second kappa shape index (κ2) is 2.52. The molecule has 3 nitrogen and oxygen atoms in total. The Labute approximate surface area is 88.2 Å². The summed E-state index contributed by atoms with van der Waals surface area (Å²) in [5.74, 6) is 0.629. The number of hydrogen-bond acceptors (Lipinski definition) is 2. The van der Waals surface area contributed by atoms with Crippen LogP contribution < -0.4 is 5.73 Å². The summed E-state index contributed by atoms with van der Waals surface area (Å²) in [7, 11) is 1.89. The molecule has 2 fully saturated rings. The van der Waals surface area contributed by atoms with Crippen LogP contribution >= 0.6 is 11.6 Å². The van der Waals surface area contributed by atoms with Gasteiger partial charge in [-0.1, -0.05) is 11.6 Å². The Kier molecular flexibility index (Phi) is 1.58. The van der Waals surface area contributed by atoms with Crippen LogP contribution in [0.3, 0.4) is 0 Å². The zero-order valence-corrected chi connectivity index (χ0v) is 9.01. The summed E-state index contributed by atoms with van der Waals surface area (Å²) in [6.45, 7) is 0. The molecular weight excluding hydrogens is 198 g/mol. The first-order valence-electron chi connectivity index (χ1n) is 5.13. The van der Waals surface area contributed by atoms with E-state index in [1.54, 1.807) is 4.68 Å². The molecule has 0 amide bonds. The molecule has 14 heavy (non-hydrogen) atoms. The van der Waals surface area contributed by atoms with Crippen LogP contribution in [0.2, 0.25) is 5.15 Å². The maximum Gasteiger partial charge on any atom is 0.132 e. The third-order valence-corrected chi connectivity index (χ3v) is 3.69. The number of hydrogen-bond donors (Lipinski definition) is 1. The molecule has 3 rings (SSSR count). The highest BCUT2D eigenvalue weighted by atomic mass is 35.5. The smallest absolute Gasteiger partial charge is 0.132 e. The Bertz CT molecular complexity index is 388. The second-order valence-corrected chi connectivity index (χ2v) is 4.96. The van der Waals surface area contributed by atoms with Crippen molar-refractivity contribution >= 4 is 11.6 Å². The molecule has 4 heteroatoms. The molecule has 2 N–H and O–H groups in total. The first kappa shape index (κ1) is 8.74. The van der Waals surface area contributed by atoms with Crippen LogP contribution in [-0.2, 0) is 12.6 Å². The molecular formula is C10H14ClN3. The fourth-order valence-electron chi connectivity index (χ4n) is 2.01. The van der Waals surface area contributed by atoms with Crippen LogP contribution in [0.15, 0.2) is 0 Å². The van der Waals surface area contributed by atoms with Gasteiger partial charge in [-0.3, -0.25) is 4.68 Å². The molecule has 0 saturated heterocycles. The summed E-state index contributed by atoms with van der Waals surface area (Å²) in [4.78, 5) is 0. The van der Waals surface area contributed by atoms with E-state index in [0.29, 0.717) is 5.92 Å². The van der Waals surface area contributed by atoms with Gasteiger partial charge >= 0.3 is 0 Å². The second-order valence-electron chi connectivity index (χ2n) is 4.61. The molecule has 0 radical (unpaired) electrons. The van der Waals surface area contributed by atoms with E-state index in [9.17, 15) is 0 Å². The summed E-state index contributed by atoms with van der Waals surface area (Å²) in [5.41, 5.74) is 8.35. The minimum absolute atomic E-state index is 0.150. The Morgan fingerprint density at radius 2 is 2.14 bits per heavy atom. The van der Waals surface area contributed by atoms with E-state index in [0.717, 1.165) is 29.3 Å². The Balaban J connectivity index is 2.14. The minimum atomic E-state index is -0.150. The van der Waals surface area contributed by atoms with Crippen LogP contribution in [0.25, 0.3) is 0 Å². The first-order chi connectivity index (χ1) is 6.62. The van der Waals surface area contributed by atoms with Gasteiger partial charge in [-0.15, -0.1) is 0 Å². The van der Waals surface area contributed by atoms with E-state index < -0.39 is 0 Å². The lowest BCUT2D eigenvalue weighted by atomic mass is 10.0. The number of halogens is 1. The van der Waals surface area contributed by atoms with Crippen molar-refractivity contribution in [1.29, 1.82) is 0 Å². The lowest BCUT2D eigenvalue weighted by molar-refractivity contribution is 0.725. The van der Waals surface area contributed by atoms with Crippen molar-refractivity contribution < 1.29 is 0 Å². The van der Waals surface area contributed by atoms with Gasteiger partial charge in [0.2, 0.25) is 0 Å². The number of nitrogens with two attached hydrogens (primary N) is 1. The lowest BCUT2D eigenvalue weighted by Crippen LogP contribution is -2.20. The zero-order valence-electron chi connectivity index (χ0n) is 8.26. The van der Waals surface area contributed by atoms with Gasteiger partial charge in [0.1, 0.15) is 5.15 Å². The molecule has 76 valence electrons. The van der Waals surface area contributed by atoms with E-state index in [4.69, 9.17) is 17.3 Å². The SMILES string of the molecule is Cn1nc(C2CC2)c(C2(N)CC2)c1Cl. The molecule has 1 heterocycles. The van der Waals surface area contributed by atoms with Gasteiger partial charge < -0.3 is 5.73 Å². The number of aryl methyl sites for hydroxylation is 1. The quantitative estimate of drug-likeness (QED) is 0.812. The number of rotatable bonds is 2. The monoisotopic (exact) mass is 211 g/mol. The van der Waals surface area contributed by atoms with Gasteiger partial charge in [0, 0.05) is 24.1 Å². The zero-order chi connectivity index (χ0) is 9.92. The summed E-state index contributed by atoms with van der Waals surface area (Å²) < 4.78 is 1.76. The van der Waals surface area contributed by atoms with Crippen LogP contribution in [0.5, 0.6) is 0 Å². The maximum absolute atomic E-state index is 6.23. The topological polar surface area (TPSA) is 43.8 Å². The van der Waals surface area contributed by atoms with Gasteiger partial charge in [0.25, 0.3) is 0 Å². The van der Waals surface area contributed by atoms with Crippen molar-refractivity contribution in [2.24, 2.45) is 12.8 Å². The van der Waals surface area contributed by atoms with E-state index in [-0.39, 0.29) is 5.54 Å². The standard InChI is InChI=1S/C10H14ClN3/c1-14-9(11)7(10(12)4-5-10)8(13-14)6-2-3-6/h6H,2-5,12H2,1H3. The van der Waals surface area contributed by atoms with Crippen molar-refractivity contribution in [2.75, 3.05) is 0 Å². The van der Waals surface area contributed by atoms with E-state index in [2.05, 4.69) is 5.10 Å². The molecule has 1 aromatic heterocycles. The van der Waals surface area contributed by atoms with Crippen molar-refractivity contribution in [1.82, 2.24) is 9.78 Å². The molecule has 0 bridgehead atoms. The summed E-state index contributed by atoms with van der Waals surface area (Å²) in [6.07, 6.45) is 4.60. The third-order valence-electron chi connectivity index (χ3n) is 3.25. The van der Waals surface area contributed by atoms with Gasteiger partial charge in [-0.05, 0) is 25.7 Å². The minimum Gasteiger partial charge on any atom is -0.321 e. The lowest BCUT2D eigenvalue weighted by Gasteiger charge is -2.08. The highest BCUT2D eigenvalue weighted by molar-refractivity contribution is 6.30. The highest BCUT2D eigenvalue weighted by Gasteiger charge is 2.47. The molecule has 0 atom stereocenters. The van der Waals surface area contributed by atoms with Crippen LogP contribution in [0.1, 0.15) is 42.9 Å². The molecule has 2 saturated carbocycles. The molecule has 0 aliphatic heterocycles. The largest absolute Gasteiger partial charge is 0.321 e. The normalized spacial score (nSPS) is 23.9.